The SMILES string of the molecule is O=C(O)CNC(=O)C(Cc1ccccc1)NC(=O)CNC(=O)OCC1c2ccccc2-c2ccccc21. The molecular formula is C28H27N3O6. The fourth-order valence-corrected chi connectivity index (χ4v) is 4.39. The van der Waals surface area contributed by atoms with Crippen molar-refractivity contribution in [3.63, 3.8) is 0 Å². The number of hydrogen-bond donors (Lipinski definition) is 4. The topological polar surface area (TPSA) is 134 Å². The van der Waals surface area contributed by atoms with Gasteiger partial charge < -0.3 is 25.8 Å². The predicted molar refractivity (Wildman–Crippen MR) is 136 cm³/mol. The number of aliphatic carboxylic acids is 1. The first-order valence-corrected chi connectivity index (χ1v) is 11.8. The van der Waals surface area contributed by atoms with Crippen LogP contribution in [0.1, 0.15) is 22.6 Å². The third-order valence-electron chi connectivity index (χ3n) is 6.09. The number of fused-ring (bicyclic) bond motifs is 3. The van der Waals surface area contributed by atoms with Gasteiger partial charge >= 0.3 is 12.1 Å². The molecule has 1 atom stereocenters. The van der Waals surface area contributed by atoms with Gasteiger partial charge in [-0.1, -0.05) is 78.9 Å². The second-order valence-corrected chi connectivity index (χ2v) is 8.60. The summed E-state index contributed by atoms with van der Waals surface area (Å²) in [6.45, 7) is -0.873. The van der Waals surface area contributed by atoms with E-state index in [-0.39, 0.29) is 18.9 Å². The summed E-state index contributed by atoms with van der Waals surface area (Å²) in [5.41, 5.74) is 5.15. The quantitative estimate of drug-likeness (QED) is 0.337. The van der Waals surface area contributed by atoms with Gasteiger partial charge in [-0.05, 0) is 27.8 Å². The summed E-state index contributed by atoms with van der Waals surface area (Å²) in [6.07, 6.45) is -0.602. The minimum atomic E-state index is -1.20. The van der Waals surface area contributed by atoms with Crippen molar-refractivity contribution in [2.45, 2.75) is 18.4 Å². The van der Waals surface area contributed by atoms with Crippen LogP contribution in [0.4, 0.5) is 4.79 Å². The second kappa shape index (κ2) is 11.9. The van der Waals surface area contributed by atoms with E-state index in [0.717, 1.165) is 27.8 Å². The Bertz CT molecular complexity index is 1250. The first-order valence-electron chi connectivity index (χ1n) is 11.8. The summed E-state index contributed by atoms with van der Waals surface area (Å²) < 4.78 is 5.43. The molecule has 0 radical (unpaired) electrons. The molecule has 190 valence electrons. The Morgan fingerprint density at radius 3 is 2.00 bits per heavy atom. The fourth-order valence-electron chi connectivity index (χ4n) is 4.39. The van der Waals surface area contributed by atoms with Crippen LogP contribution < -0.4 is 16.0 Å². The Morgan fingerprint density at radius 2 is 1.38 bits per heavy atom. The number of carboxylic acids is 1. The Hall–Kier alpha value is -4.66. The van der Waals surface area contributed by atoms with Crippen molar-refractivity contribution in [3.8, 4) is 11.1 Å². The molecule has 0 saturated carbocycles. The highest BCUT2D eigenvalue weighted by Gasteiger charge is 2.29. The average Bonchev–Trinajstić information content (AvgIpc) is 3.23. The van der Waals surface area contributed by atoms with Crippen molar-refractivity contribution >= 4 is 23.9 Å². The Labute approximate surface area is 213 Å². The molecule has 1 aliphatic carbocycles. The zero-order chi connectivity index (χ0) is 26.2. The van der Waals surface area contributed by atoms with E-state index in [4.69, 9.17) is 9.84 Å². The van der Waals surface area contributed by atoms with E-state index in [1.165, 1.54) is 0 Å². The normalized spacial score (nSPS) is 12.5. The van der Waals surface area contributed by atoms with Crippen LogP contribution >= 0.6 is 0 Å². The van der Waals surface area contributed by atoms with E-state index in [1.54, 1.807) is 24.3 Å². The minimum absolute atomic E-state index is 0.107. The highest BCUT2D eigenvalue weighted by molar-refractivity contribution is 5.91. The number of carbonyl (C=O) groups is 4. The Kier molecular flexibility index (Phi) is 8.15. The van der Waals surface area contributed by atoms with Crippen LogP contribution in [0.15, 0.2) is 78.9 Å². The van der Waals surface area contributed by atoms with Crippen molar-refractivity contribution in [1.29, 1.82) is 0 Å². The summed E-state index contributed by atoms with van der Waals surface area (Å²) in [6, 6.07) is 23.9. The molecular weight excluding hydrogens is 474 g/mol. The van der Waals surface area contributed by atoms with Crippen molar-refractivity contribution < 1.29 is 29.0 Å². The molecule has 0 saturated heterocycles. The summed E-state index contributed by atoms with van der Waals surface area (Å²) in [5.74, 6) is -2.56. The van der Waals surface area contributed by atoms with Gasteiger partial charge in [0.05, 0.1) is 0 Å². The van der Waals surface area contributed by atoms with Crippen LogP contribution in [-0.2, 0) is 25.5 Å². The summed E-state index contributed by atoms with van der Waals surface area (Å²) >= 11 is 0. The number of benzene rings is 3. The van der Waals surface area contributed by atoms with Crippen LogP contribution in [0.2, 0.25) is 0 Å². The number of ether oxygens (including phenoxy) is 1. The lowest BCUT2D eigenvalue weighted by molar-refractivity contribution is -0.138. The number of alkyl carbamates (subject to hydrolysis) is 1. The van der Waals surface area contributed by atoms with E-state index < -0.39 is 43.0 Å². The van der Waals surface area contributed by atoms with Gasteiger partial charge in [-0.2, -0.15) is 0 Å². The molecule has 9 heteroatoms. The Morgan fingerprint density at radius 1 is 0.784 bits per heavy atom. The highest BCUT2D eigenvalue weighted by Crippen LogP contribution is 2.44. The third-order valence-corrected chi connectivity index (χ3v) is 6.09. The largest absolute Gasteiger partial charge is 0.480 e. The zero-order valence-corrected chi connectivity index (χ0v) is 20.0. The monoisotopic (exact) mass is 501 g/mol. The van der Waals surface area contributed by atoms with Gasteiger partial charge in [-0.15, -0.1) is 0 Å². The van der Waals surface area contributed by atoms with E-state index in [1.807, 2.05) is 54.6 Å². The molecule has 4 N–H and O–H groups in total. The van der Waals surface area contributed by atoms with Gasteiger partial charge in [0.25, 0.3) is 0 Å². The third kappa shape index (κ3) is 6.52. The molecule has 37 heavy (non-hydrogen) atoms. The molecule has 3 aromatic rings. The van der Waals surface area contributed by atoms with E-state index in [9.17, 15) is 19.2 Å². The molecule has 0 aliphatic heterocycles. The van der Waals surface area contributed by atoms with Crippen molar-refractivity contribution in [2.75, 3.05) is 19.7 Å². The highest BCUT2D eigenvalue weighted by atomic mass is 16.5. The van der Waals surface area contributed by atoms with Crippen LogP contribution in [0, 0.1) is 0 Å². The van der Waals surface area contributed by atoms with Gasteiger partial charge in [0, 0.05) is 12.3 Å². The molecule has 9 nitrogen and oxygen atoms in total. The molecule has 3 amide bonds. The van der Waals surface area contributed by atoms with Crippen molar-refractivity contribution in [3.05, 3.63) is 95.6 Å². The molecule has 3 aromatic carbocycles. The predicted octanol–water partition coefficient (Wildman–Crippen LogP) is 2.45. The van der Waals surface area contributed by atoms with Gasteiger partial charge in [0.1, 0.15) is 25.7 Å². The molecule has 0 bridgehead atoms. The molecule has 0 aromatic heterocycles. The number of rotatable bonds is 10. The molecule has 1 unspecified atom stereocenters. The maximum absolute atomic E-state index is 12.5. The summed E-state index contributed by atoms with van der Waals surface area (Å²) in [5, 5.41) is 16.1. The van der Waals surface area contributed by atoms with Crippen molar-refractivity contribution in [2.24, 2.45) is 0 Å². The zero-order valence-electron chi connectivity index (χ0n) is 20.0. The summed E-state index contributed by atoms with van der Waals surface area (Å²) in [7, 11) is 0. The number of amides is 3. The summed E-state index contributed by atoms with van der Waals surface area (Å²) in [4.78, 5) is 48.1. The first kappa shape index (κ1) is 25.4. The van der Waals surface area contributed by atoms with Crippen molar-refractivity contribution in [1.82, 2.24) is 16.0 Å². The number of carboxylic acid groups (broad SMARTS) is 1. The Balaban J connectivity index is 1.31. The molecule has 4 rings (SSSR count). The number of hydrogen-bond acceptors (Lipinski definition) is 5. The number of nitrogens with one attached hydrogen (secondary N) is 3. The molecule has 0 fully saturated rings. The van der Waals surface area contributed by atoms with Gasteiger partial charge in [-0.3, -0.25) is 14.4 Å². The second-order valence-electron chi connectivity index (χ2n) is 8.60. The van der Waals surface area contributed by atoms with E-state index in [0.29, 0.717) is 0 Å². The van der Waals surface area contributed by atoms with Gasteiger partial charge in [0.2, 0.25) is 11.8 Å². The molecule has 1 aliphatic rings. The van der Waals surface area contributed by atoms with Crippen LogP contribution in [0.3, 0.4) is 0 Å². The van der Waals surface area contributed by atoms with Gasteiger partial charge in [-0.25, -0.2) is 4.79 Å². The maximum atomic E-state index is 12.5. The number of carbonyl (C=O) groups excluding carboxylic acids is 3. The minimum Gasteiger partial charge on any atom is -0.480 e. The van der Waals surface area contributed by atoms with Crippen LogP contribution in [0.5, 0.6) is 0 Å². The average molecular weight is 502 g/mol. The lowest BCUT2D eigenvalue weighted by Crippen LogP contribution is -2.51. The molecule has 0 heterocycles. The standard InChI is InChI=1S/C28H27N3O6/c32-25(31-24(27(35)29-16-26(33)34)14-18-8-2-1-3-9-18)15-30-28(36)37-17-23-21-12-6-4-10-19(21)20-11-5-7-13-22(20)23/h1-13,23-24H,14-17H2,(H,29,35)(H,30,36)(H,31,32)(H,33,34). The molecule has 0 spiro atoms. The lowest BCUT2D eigenvalue weighted by atomic mass is 9.98. The van der Waals surface area contributed by atoms with Crippen LogP contribution in [-0.4, -0.2) is 54.7 Å². The fraction of sp³-hybridized carbons (Fsp3) is 0.214. The van der Waals surface area contributed by atoms with Crippen LogP contribution in [0.25, 0.3) is 11.1 Å². The van der Waals surface area contributed by atoms with E-state index in [2.05, 4.69) is 16.0 Å². The van der Waals surface area contributed by atoms with Gasteiger partial charge in [0.15, 0.2) is 0 Å². The van der Waals surface area contributed by atoms with E-state index >= 15 is 0 Å². The lowest BCUT2D eigenvalue weighted by Gasteiger charge is -2.19. The maximum Gasteiger partial charge on any atom is 0.407 e. The smallest absolute Gasteiger partial charge is 0.407 e. The first-order chi connectivity index (χ1) is 17.9.